The van der Waals surface area contributed by atoms with E-state index in [4.69, 9.17) is 5.73 Å². The summed E-state index contributed by atoms with van der Waals surface area (Å²) in [6.45, 7) is 0.737. The van der Waals surface area contributed by atoms with Crippen LogP contribution < -0.4 is 5.73 Å². The maximum absolute atomic E-state index is 12.0. The number of likely N-dealkylation sites (tertiary alicyclic amines) is 1. The van der Waals surface area contributed by atoms with Crippen molar-refractivity contribution in [3.05, 3.63) is 23.8 Å². The standard InChI is InChI=1S/C13H16N2O4/c14-13(19)9-2-1-5-15(9)7-12(18)8-3-4-10(16)11(17)6-8/h3-4,6,9,16-17H,1-2,5,7H2,(H2,14,19). The van der Waals surface area contributed by atoms with Crippen LogP contribution in [0.25, 0.3) is 0 Å². The average Bonchev–Trinajstić information content (AvgIpc) is 2.80. The number of aromatic hydroxyl groups is 2. The van der Waals surface area contributed by atoms with Crippen LogP contribution >= 0.6 is 0 Å². The number of primary amides is 1. The minimum Gasteiger partial charge on any atom is -0.504 e. The van der Waals surface area contributed by atoms with E-state index in [-0.39, 0.29) is 23.8 Å². The van der Waals surface area contributed by atoms with E-state index in [0.29, 0.717) is 18.5 Å². The highest BCUT2D eigenvalue weighted by Crippen LogP contribution is 2.25. The molecular formula is C13H16N2O4. The monoisotopic (exact) mass is 264 g/mol. The summed E-state index contributed by atoms with van der Waals surface area (Å²) in [4.78, 5) is 25.0. The highest BCUT2D eigenvalue weighted by atomic mass is 16.3. The van der Waals surface area contributed by atoms with Gasteiger partial charge in [0.15, 0.2) is 17.3 Å². The molecule has 19 heavy (non-hydrogen) atoms. The molecule has 1 heterocycles. The molecule has 0 saturated carbocycles. The number of phenolic OH excluding ortho intramolecular Hbond substituents is 2. The van der Waals surface area contributed by atoms with Crippen molar-refractivity contribution >= 4 is 11.7 Å². The van der Waals surface area contributed by atoms with Gasteiger partial charge in [0, 0.05) is 5.56 Å². The van der Waals surface area contributed by atoms with Crippen LogP contribution in [0.5, 0.6) is 11.5 Å². The fourth-order valence-corrected chi connectivity index (χ4v) is 2.31. The van der Waals surface area contributed by atoms with Crippen LogP contribution in [-0.2, 0) is 4.79 Å². The van der Waals surface area contributed by atoms with Gasteiger partial charge in [0.05, 0.1) is 12.6 Å². The second-order valence-corrected chi connectivity index (χ2v) is 4.66. The van der Waals surface area contributed by atoms with Crippen molar-refractivity contribution in [3.63, 3.8) is 0 Å². The Morgan fingerprint density at radius 1 is 1.32 bits per heavy atom. The van der Waals surface area contributed by atoms with Crippen LogP contribution in [0.2, 0.25) is 0 Å². The third kappa shape index (κ3) is 2.85. The molecule has 0 bridgehead atoms. The van der Waals surface area contributed by atoms with Gasteiger partial charge in [0.2, 0.25) is 5.91 Å². The minimum absolute atomic E-state index is 0.0812. The van der Waals surface area contributed by atoms with E-state index in [1.165, 1.54) is 18.2 Å². The zero-order chi connectivity index (χ0) is 14.0. The van der Waals surface area contributed by atoms with E-state index in [1.54, 1.807) is 4.90 Å². The zero-order valence-electron chi connectivity index (χ0n) is 10.4. The lowest BCUT2D eigenvalue weighted by Crippen LogP contribution is -2.42. The summed E-state index contributed by atoms with van der Waals surface area (Å²) < 4.78 is 0. The Morgan fingerprint density at radius 2 is 2.05 bits per heavy atom. The van der Waals surface area contributed by atoms with Gasteiger partial charge in [-0.1, -0.05) is 0 Å². The lowest BCUT2D eigenvalue weighted by atomic mass is 10.1. The van der Waals surface area contributed by atoms with Crippen LogP contribution in [0.15, 0.2) is 18.2 Å². The molecule has 1 amide bonds. The quantitative estimate of drug-likeness (QED) is 0.533. The number of amides is 1. The molecule has 0 radical (unpaired) electrons. The summed E-state index contributed by atoms with van der Waals surface area (Å²) >= 11 is 0. The Balaban J connectivity index is 2.08. The molecule has 0 spiro atoms. The van der Waals surface area contributed by atoms with Crippen LogP contribution in [0, 0.1) is 0 Å². The number of nitrogens with zero attached hydrogens (tertiary/aromatic N) is 1. The molecule has 6 nitrogen and oxygen atoms in total. The number of Topliss-reactive ketones (excluding diaryl/α,β-unsaturated/α-hetero) is 1. The number of carbonyl (C=O) groups is 2. The number of benzene rings is 1. The molecule has 1 aliphatic heterocycles. The summed E-state index contributed by atoms with van der Waals surface area (Å²) in [5, 5.41) is 18.6. The second-order valence-electron chi connectivity index (χ2n) is 4.66. The number of rotatable bonds is 4. The number of hydrogen-bond donors (Lipinski definition) is 3. The number of nitrogens with two attached hydrogens (primary N) is 1. The first-order chi connectivity index (χ1) is 8.99. The highest BCUT2D eigenvalue weighted by molar-refractivity contribution is 5.98. The lowest BCUT2D eigenvalue weighted by Gasteiger charge is -2.20. The van der Waals surface area contributed by atoms with E-state index >= 15 is 0 Å². The Hall–Kier alpha value is -2.08. The average molecular weight is 264 g/mol. The first-order valence-corrected chi connectivity index (χ1v) is 6.07. The van der Waals surface area contributed by atoms with Crippen molar-refractivity contribution in [1.29, 1.82) is 0 Å². The number of hydrogen-bond acceptors (Lipinski definition) is 5. The van der Waals surface area contributed by atoms with Gasteiger partial charge in [-0.15, -0.1) is 0 Å². The van der Waals surface area contributed by atoms with Gasteiger partial charge in [-0.3, -0.25) is 14.5 Å². The number of phenols is 2. The van der Waals surface area contributed by atoms with Crippen LogP contribution in [0.3, 0.4) is 0 Å². The Morgan fingerprint density at radius 3 is 2.68 bits per heavy atom. The molecule has 0 aliphatic carbocycles. The largest absolute Gasteiger partial charge is 0.504 e. The summed E-state index contributed by atoms with van der Waals surface area (Å²) in [5.74, 6) is -1.24. The second kappa shape index (κ2) is 5.27. The Bertz CT molecular complexity index is 515. The van der Waals surface area contributed by atoms with Gasteiger partial charge < -0.3 is 15.9 Å². The van der Waals surface area contributed by atoms with Crippen molar-refractivity contribution in [2.24, 2.45) is 5.73 Å². The van der Waals surface area contributed by atoms with Crippen LogP contribution in [0.4, 0.5) is 0 Å². The van der Waals surface area contributed by atoms with Gasteiger partial charge in [-0.25, -0.2) is 0 Å². The van der Waals surface area contributed by atoms with Crippen LogP contribution in [0.1, 0.15) is 23.2 Å². The normalized spacial score (nSPS) is 19.5. The first-order valence-electron chi connectivity index (χ1n) is 6.07. The van der Waals surface area contributed by atoms with E-state index in [0.717, 1.165) is 6.42 Å². The molecule has 1 aliphatic rings. The molecule has 1 saturated heterocycles. The topological polar surface area (TPSA) is 104 Å². The highest BCUT2D eigenvalue weighted by Gasteiger charge is 2.30. The number of ketones is 1. The Kier molecular flexibility index (Phi) is 3.71. The molecule has 1 unspecified atom stereocenters. The molecule has 102 valence electrons. The smallest absolute Gasteiger partial charge is 0.234 e. The Labute approximate surface area is 110 Å². The summed E-state index contributed by atoms with van der Waals surface area (Å²) in [6, 6.07) is 3.52. The van der Waals surface area contributed by atoms with Gasteiger partial charge in [0.1, 0.15) is 0 Å². The molecule has 1 fully saturated rings. The summed E-state index contributed by atoms with van der Waals surface area (Å²) in [5.41, 5.74) is 5.58. The van der Waals surface area contributed by atoms with Gasteiger partial charge in [0.25, 0.3) is 0 Å². The summed E-state index contributed by atoms with van der Waals surface area (Å²) in [6.07, 6.45) is 1.51. The first kappa shape index (κ1) is 13.4. The SMILES string of the molecule is NC(=O)C1CCCN1CC(=O)c1ccc(O)c(O)c1. The van der Waals surface area contributed by atoms with E-state index in [2.05, 4.69) is 0 Å². The third-order valence-corrected chi connectivity index (χ3v) is 3.34. The van der Waals surface area contributed by atoms with Crippen molar-refractivity contribution in [1.82, 2.24) is 4.90 Å². The zero-order valence-corrected chi connectivity index (χ0v) is 10.4. The predicted molar refractivity (Wildman–Crippen MR) is 67.9 cm³/mol. The fourth-order valence-electron chi connectivity index (χ4n) is 2.31. The molecule has 1 atom stereocenters. The molecule has 0 aromatic heterocycles. The van der Waals surface area contributed by atoms with Crippen molar-refractivity contribution in [3.8, 4) is 11.5 Å². The molecular weight excluding hydrogens is 248 g/mol. The van der Waals surface area contributed by atoms with Gasteiger partial charge in [-0.2, -0.15) is 0 Å². The molecule has 1 aromatic rings. The van der Waals surface area contributed by atoms with E-state index in [9.17, 15) is 19.8 Å². The number of carbonyl (C=O) groups excluding carboxylic acids is 2. The maximum atomic E-state index is 12.0. The van der Waals surface area contributed by atoms with E-state index in [1.807, 2.05) is 0 Å². The molecule has 4 N–H and O–H groups in total. The maximum Gasteiger partial charge on any atom is 0.234 e. The van der Waals surface area contributed by atoms with Crippen LogP contribution in [-0.4, -0.2) is 45.9 Å². The van der Waals surface area contributed by atoms with Gasteiger partial charge in [-0.05, 0) is 37.6 Å². The lowest BCUT2D eigenvalue weighted by molar-refractivity contribution is -0.122. The predicted octanol–water partition coefficient (Wildman–Crippen LogP) is 0.230. The van der Waals surface area contributed by atoms with Crippen molar-refractivity contribution < 1.29 is 19.8 Å². The fraction of sp³-hybridized carbons (Fsp3) is 0.385. The summed E-state index contributed by atoms with van der Waals surface area (Å²) in [7, 11) is 0. The molecule has 2 rings (SSSR count). The molecule has 6 heteroatoms. The van der Waals surface area contributed by atoms with Gasteiger partial charge >= 0.3 is 0 Å². The third-order valence-electron chi connectivity index (χ3n) is 3.34. The minimum atomic E-state index is -0.418. The van der Waals surface area contributed by atoms with Crippen molar-refractivity contribution in [2.45, 2.75) is 18.9 Å². The van der Waals surface area contributed by atoms with E-state index < -0.39 is 11.9 Å². The van der Waals surface area contributed by atoms with Crippen molar-refractivity contribution in [2.75, 3.05) is 13.1 Å². The molecule has 1 aromatic carbocycles.